The number of thiol groups is 1. The summed E-state index contributed by atoms with van der Waals surface area (Å²) in [6, 6.07) is 0. The maximum atomic E-state index is 10.8. The van der Waals surface area contributed by atoms with Crippen molar-refractivity contribution in [3.05, 3.63) is 0 Å². The van der Waals surface area contributed by atoms with Gasteiger partial charge in [0, 0.05) is 12.3 Å². The van der Waals surface area contributed by atoms with Crippen LogP contribution in [-0.4, -0.2) is 41.9 Å². The number of carboxylic acids is 1. The number of likely N-dealkylation sites (tertiary alicyclic amines) is 1. The molecule has 1 aliphatic heterocycles. The first kappa shape index (κ1) is 9.86. The summed E-state index contributed by atoms with van der Waals surface area (Å²) in [5.74, 6) is -0.220. The second-order valence-electron chi connectivity index (χ2n) is 3.44. The van der Waals surface area contributed by atoms with Gasteiger partial charge in [-0.1, -0.05) is 0 Å². The highest BCUT2D eigenvalue weighted by Crippen LogP contribution is 2.24. The summed E-state index contributed by atoms with van der Waals surface area (Å²) in [7, 11) is 2.03. The van der Waals surface area contributed by atoms with Crippen molar-refractivity contribution in [1.82, 2.24) is 4.90 Å². The van der Waals surface area contributed by atoms with Gasteiger partial charge < -0.3 is 10.0 Å². The zero-order chi connectivity index (χ0) is 9.14. The van der Waals surface area contributed by atoms with E-state index in [0.717, 1.165) is 19.5 Å². The maximum Gasteiger partial charge on any atom is 0.307 e. The van der Waals surface area contributed by atoms with Gasteiger partial charge in [-0.15, -0.1) is 0 Å². The molecule has 1 saturated heterocycles. The van der Waals surface area contributed by atoms with E-state index in [2.05, 4.69) is 17.5 Å². The van der Waals surface area contributed by atoms with Crippen molar-refractivity contribution in [3.63, 3.8) is 0 Å². The lowest BCUT2D eigenvalue weighted by Gasteiger charge is -2.16. The zero-order valence-electron chi connectivity index (χ0n) is 7.23. The fourth-order valence-electron chi connectivity index (χ4n) is 1.73. The predicted molar refractivity (Wildman–Crippen MR) is 50.6 cm³/mol. The topological polar surface area (TPSA) is 40.5 Å². The highest BCUT2D eigenvalue weighted by atomic mass is 32.1. The Morgan fingerprint density at radius 3 is 2.83 bits per heavy atom. The lowest BCUT2D eigenvalue weighted by Crippen LogP contribution is -2.27. The molecule has 1 aliphatic rings. The van der Waals surface area contributed by atoms with E-state index in [4.69, 9.17) is 5.11 Å². The third-order valence-electron chi connectivity index (χ3n) is 2.51. The van der Waals surface area contributed by atoms with E-state index < -0.39 is 5.97 Å². The van der Waals surface area contributed by atoms with Crippen molar-refractivity contribution >= 4 is 18.6 Å². The third kappa shape index (κ3) is 2.14. The van der Waals surface area contributed by atoms with E-state index in [1.807, 2.05) is 7.05 Å². The van der Waals surface area contributed by atoms with Gasteiger partial charge >= 0.3 is 5.97 Å². The van der Waals surface area contributed by atoms with E-state index in [9.17, 15) is 4.79 Å². The van der Waals surface area contributed by atoms with Crippen LogP contribution < -0.4 is 0 Å². The maximum absolute atomic E-state index is 10.8. The van der Waals surface area contributed by atoms with Crippen LogP contribution in [0.15, 0.2) is 0 Å². The second kappa shape index (κ2) is 4.14. The van der Waals surface area contributed by atoms with Crippen LogP contribution in [-0.2, 0) is 4.79 Å². The van der Waals surface area contributed by atoms with Crippen molar-refractivity contribution in [1.29, 1.82) is 0 Å². The smallest absolute Gasteiger partial charge is 0.307 e. The number of carboxylic acid groups (broad SMARTS) is 1. The molecule has 2 atom stereocenters. The summed E-state index contributed by atoms with van der Waals surface area (Å²) in [6.45, 7) is 1.92. The van der Waals surface area contributed by atoms with Crippen molar-refractivity contribution in [3.8, 4) is 0 Å². The molecule has 0 aromatic heterocycles. The van der Waals surface area contributed by atoms with Crippen LogP contribution in [0.25, 0.3) is 0 Å². The minimum absolute atomic E-state index is 0.265. The first-order chi connectivity index (χ1) is 5.65. The van der Waals surface area contributed by atoms with Crippen LogP contribution in [0.2, 0.25) is 0 Å². The standard InChI is InChI=1S/C8H15NO2S/c1-9-3-2-6(4-9)7(5-12)8(10)11/h6-7,12H,2-5H2,1H3,(H,10,11). The molecule has 1 fully saturated rings. The van der Waals surface area contributed by atoms with Crippen LogP contribution in [0.1, 0.15) is 6.42 Å². The van der Waals surface area contributed by atoms with Crippen LogP contribution in [0.5, 0.6) is 0 Å². The fraction of sp³-hybridized carbons (Fsp3) is 0.875. The molecule has 0 aromatic rings. The Morgan fingerprint density at radius 2 is 2.50 bits per heavy atom. The minimum Gasteiger partial charge on any atom is -0.481 e. The molecule has 0 spiro atoms. The third-order valence-corrected chi connectivity index (χ3v) is 2.90. The Labute approximate surface area is 78.2 Å². The molecule has 1 heterocycles. The van der Waals surface area contributed by atoms with E-state index in [1.165, 1.54) is 0 Å². The molecule has 0 aromatic carbocycles. The Kier molecular flexibility index (Phi) is 3.40. The number of hydrogen-bond acceptors (Lipinski definition) is 3. The molecule has 0 saturated carbocycles. The predicted octanol–water partition coefficient (Wildman–Crippen LogP) is 0.569. The molecule has 2 unspecified atom stereocenters. The molecular formula is C8H15NO2S. The molecule has 0 bridgehead atoms. The minimum atomic E-state index is -0.703. The molecule has 4 heteroatoms. The van der Waals surface area contributed by atoms with Crippen LogP contribution in [0.4, 0.5) is 0 Å². The van der Waals surface area contributed by atoms with Crippen LogP contribution in [0, 0.1) is 11.8 Å². The molecule has 70 valence electrons. The second-order valence-corrected chi connectivity index (χ2v) is 3.80. The average molecular weight is 189 g/mol. The molecule has 3 nitrogen and oxygen atoms in total. The Hall–Kier alpha value is -0.220. The fourth-order valence-corrected chi connectivity index (χ4v) is 2.18. The normalized spacial score (nSPS) is 27.3. The molecule has 1 rings (SSSR count). The molecule has 0 amide bonds. The number of rotatable bonds is 3. The monoisotopic (exact) mass is 189 g/mol. The van der Waals surface area contributed by atoms with E-state index >= 15 is 0 Å². The lowest BCUT2D eigenvalue weighted by molar-refractivity contribution is -0.142. The number of carbonyl (C=O) groups is 1. The van der Waals surface area contributed by atoms with Gasteiger partial charge in [-0.25, -0.2) is 0 Å². The van der Waals surface area contributed by atoms with Gasteiger partial charge in [-0.2, -0.15) is 12.6 Å². The van der Waals surface area contributed by atoms with Gasteiger partial charge in [0.25, 0.3) is 0 Å². The van der Waals surface area contributed by atoms with Gasteiger partial charge in [0.1, 0.15) is 0 Å². The van der Waals surface area contributed by atoms with Gasteiger partial charge in [0.15, 0.2) is 0 Å². The summed E-state index contributed by atoms with van der Waals surface area (Å²) in [4.78, 5) is 12.9. The molecule has 0 radical (unpaired) electrons. The zero-order valence-corrected chi connectivity index (χ0v) is 8.13. The highest BCUT2D eigenvalue weighted by molar-refractivity contribution is 7.80. The van der Waals surface area contributed by atoms with Crippen molar-refractivity contribution in [2.24, 2.45) is 11.8 Å². The molecule has 0 aliphatic carbocycles. The van der Waals surface area contributed by atoms with Gasteiger partial charge in [0.2, 0.25) is 0 Å². The number of hydrogen-bond donors (Lipinski definition) is 2. The Balaban J connectivity index is 2.49. The van der Waals surface area contributed by atoms with Gasteiger partial charge in [-0.3, -0.25) is 4.79 Å². The SMILES string of the molecule is CN1CCC(C(CS)C(=O)O)C1. The summed E-state index contributed by atoms with van der Waals surface area (Å²) in [6.07, 6.45) is 0.994. The average Bonchev–Trinajstić information content (AvgIpc) is 2.37. The summed E-state index contributed by atoms with van der Waals surface area (Å²) in [5.41, 5.74) is 0. The van der Waals surface area contributed by atoms with E-state index in [-0.39, 0.29) is 5.92 Å². The van der Waals surface area contributed by atoms with Gasteiger partial charge in [0.05, 0.1) is 5.92 Å². The van der Waals surface area contributed by atoms with Crippen LogP contribution in [0.3, 0.4) is 0 Å². The molecule has 1 N–H and O–H groups in total. The molecule has 12 heavy (non-hydrogen) atoms. The Morgan fingerprint density at radius 1 is 1.83 bits per heavy atom. The summed E-state index contributed by atoms with van der Waals surface area (Å²) < 4.78 is 0. The highest BCUT2D eigenvalue weighted by Gasteiger charge is 2.31. The number of aliphatic carboxylic acids is 1. The van der Waals surface area contributed by atoms with Gasteiger partial charge in [-0.05, 0) is 25.9 Å². The summed E-state index contributed by atoms with van der Waals surface area (Å²) >= 11 is 4.06. The molecular weight excluding hydrogens is 174 g/mol. The van der Waals surface area contributed by atoms with E-state index in [0.29, 0.717) is 11.7 Å². The largest absolute Gasteiger partial charge is 0.481 e. The van der Waals surface area contributed by atoms with Crippen molar-refractivity contribution in [2.45, 2.75) is 6.42 Å². The lowest BCUT2D eigenvalue weighted by atomic mass is 9.93. The quantitative estimate of drug-likeness (QED) is 0.638. The first-order valence-corrected chi connectivity index (χ1v) is 4.80. The first-order valence-electron chi connectivity index (χ1n) is 4.17. The Bertz CT molecular complexity index is 174. The van der Waals surface area contributed by atoms with Crippen LogP contribution >= 0.6 is 12.6 Å². The summed E-state index contributed by atoms with van der Waals surface area (Å²) in [5, 5.41) is 8.85. The van der Waals surface area contributed by atoms with E-state index in [1.54, 1.807) is 0 Å². The number of nitrogens with zero attached hydrogens (tertiary/aromatic N) is 1. The van der Waals surface area contributed by atoms with Crippen molar-refractivity contribution < 1.29 is 9.90 Å². The van der Waals surface area contributed by atoms with Crippen molar-refractivity contribution in [2.75, 3.05) is 25.9 Å².